The highest BCUT2D eigenvalue weighted by molar-refractivity contribution is 7.91. The van der Waals surface area contributed by atoms with Crippen LogP contribution >= 0.6 is 0 Å². The van der Waals surface area contributed by atoms with E-state index in [0.29, 0.717) is 37.7 Å². The molecule has 2 amide bonds. The first-order chi connectivity index (χ1) is 31.9. The average Bonchev–Trinajstić information content (AvgIpc) is 4.26. The van der Waals surface area contributed by atoms with Gasteiger partial charge in [-0.25, -0.2) is 13.4 Å². The van der Waals surface area contributed by atoms with Gasteiger partial charge in [0.1, 0.15) is 18.0 Å². The number of allylic oxidation sites excluding steroid dienone is 1. The van der Waals surface area contributed by atoms with Crippen LogP contribution < -0.4 is 14.2 Å². The molecule has 14 nitrogen and oxygen atoms in total. The van der Waals surface area contributed by atoms with Crippen LogP contribution in [0.15, 0.2) is 36.9 Å². The number of hydrogen-bond acceptors (Lipinski definition) is 12. The number of ether oxygens (including phenoxy) is 4. The number of hydrogen-bond donors (Lipinski definition) is 1. The van der Waals surface area contributed by atoms with Crippen LogP contribution in [0.2, 0.25) is 0 Å². The number of carbonyl (C=O) groups is 4. The molecule has 2 bridgehead atoms. The van der Waals surface area contributed by atoms with Crippen molar-refractivity contribution in [1.29, 1.82) is 0 Å². The summed E-state index contributed by atoms with van der Waals surface area (Å²) in [6.07, 6.45) is 13.6. The topological polar surface area (TPSA) is 171 Å². The third-order valence-corrected chi connectivity index (χ3v) is 18.2. The molecule has 4 saturated carbocycles. The summed E-state index contributed by atoms with van der Waals surface area (Å²) < 4.78 is 53.3. The maximum atomic E-state index is 15.2. The zero-order valence-corrected chi connectivity index (χ0v) is 39.7. The van der Waals surface area contributed by atoms with Gasteiger partial charge in [0.2, 0.25) is 27.7 Å². The Bertz CT molecular complexity index is 2250. The van der Waals surface area contributed by atoms with Gasteiger partial charge in [-0.05, 0) is 107 Å². The quantitative estimate of drug-likeness (QED) is 0.126. The lowest BCUT2D eigenvalue weighted by atomic mass is 9.77. The van der Waals surface area contributed by atoms with Crippen LogP contribution in [0.25, 0.3) is 10.9 Å². The van der Waals surface area contributed by atoms with Gasteiger partial charge in [0.15, 0.2) is 5.78 Å². The molecular weight excluding hydrogens is 861 g/mol. The summed E-state index contributed by atoms with van der Waals surface area (Å²) in [6.45, 7) is 10.5. The molecule has 0 radical (unpaired) electrons. The zero-order valence-electron chi connectivity index (χ0n) is 38.9. The van der Waals surface area contributed by atoms with E-state index in [2.05, 4.69) is 16.2 Å². The van der Waals surface area contributed by atoms with Gasteiger partial charge in [0.05, 0.1) is 59.4 Å². The van der Waals surface area contributed by atoms with Gasteiger partial charge in [-0.1, -0.05) is 50.3 Å². The lowest BCUT2D eigenvalue weighted by Crippen LogP contribution is -2.48. The lowest BCUT2D eigenvalue weighted by Gasteiger charge is -2.34. The van der Waals surface area contributed by atoms with Crippen LogP contribution in [-0.4, -0.2) is 116 Å². The van der Waals surface area contributed by atoms with Gasteiger partial charge >= 0.3 is 5.97 Å². The highest BCUT2D eigenvalue weighted by Crippen LogP contribution is 2.57. The second kappa shape index (κ2) is 19.9. The van der Waals surface area contributed by atoms with Gasteiger partial charge in [0, 0.05) is 44.5 Å². The van der Waals surface area contributed by atoms with Crippen LogP contribution in [-0.2, 0) is 45.1 Å². The number of pyridine rings is 1. The summed E-state index contributed by atoms with van der Waals surface area (Å²) in [6, 6.07) is 6.95. The lowest BCUT2D eigenvalue weighted by molar-refractivity contribution is -0.153. The Kier molecular flexibility index (Phi) is 14.2. The highest BCUT2D eigenvalue weighted by atomic mass is 32.2. The van der Waals surface area contributed by atoms with Crippen molar-refractivity contribution in [3.8, 4) is 11.6 Å². The van der Waals surface area contributed by atoms with Crippen molar-refractivity contribution in [3.05, 3.63) is 42.5 Å². The van der Waals surface area contributed by atoms with Crippen LogP contribution in [0.5, 0.6) is 11.6 Å². The fourth-order valence-electron chi connectivity index (χ4n) is 11.3. The third-order valence-electron chi connectivity index (χ3n) is 16.0. The number of carbonyl (C=O) groups excluding carboxylic acids is 4. The molecule has 15 heteroatoms. The summed E-state index contributed by atoms with van der Waals surface area (Å²) >= 11 is 0. The minimum atomic E-state index is -3.96. The summed E-state index contributed by atoms with van der Waals surface area (Å²) in [5, 5.41) is 0.905. The monoisotopic (exact) mass is 930 g/mol. The predicted molar refractivity (Wildman–Crippen MR) is 248 cm³/mol. The molecule has 6 fully saturated rings. The predicted octanol–water partition coefficient (Wildman–Crippen LogP) is 6.86. The fraction of sp³-hybridized carbons (Fsp3) is 0.706. The maximum absolute atomic E-state index is 15.2. The molecule has 7 atom stereocenters. The van der Waals surface area contributed by atoms with Gasteiger partial charge in [-0.3, -0.25) is 23.9 Å². The van der Waals surface area contributed by atoms with Crippen LogP contribution in [0.1, 0.15) is 128 Å². The highest BCUT2D eigenvalue weighted by Gasteiger charge is 2.62. The van der Waals surface area contributed by atoms with Gasteiger partial charge in [-0.2, -0.15) is 0 Å². The summed E-state index contributed by atoms with van der Waals surface area (Å²) in [4.78, 5) is 67.0. The number of benzene rings is 1. The largest absolute Gasteiger partial charge is 0.492 e. The number of sulfonamides is 1. The number of Topliss-reactive ketones (excluding diaryl/α,β-unsaturated/α-hetero) is 1. The van der Waals surface area contributed by atoms with E-state index in [1.165, 1.54) is 0 Å². The first-order valence-corrected chi connectivity index (χ1v) is 26.6. The molecule has 7 aliphatic rings. The molecule has 3 aliphatic heterocycles. The minimum absolute atomic E-state index is 0.0454. The first-order valence-electron chi connectivity index (χ1n) is 25.1. The van der Waals surface area contributed by atoms with Gasteiger partial charge in [0.25, 0.3) is 0 Å². The normalized spacial score (nSPS) is 30.9. The Hall–Kier alpha value is -4.08. The number of aromatic nitrogens is 1. The molecular formula is C51H70N4O10S. The van der Waals surface area contributed by atoms with E-state index in [4.69, 9.17) is 23.9 Å². The van der Waals surface area contributed by atoms with E-state index in [1.807, 2.05) is 24.3 Å². The summed E-state index contributed by atoms with van der Waals surface area (Å²) in [5.74, 6) is -1.32. The van der Waals surface area contributed by atoms with Gasteiger partial charge < -0.3 is 28.7 Å². The van der Waals surface area contributed by atoms with Crippen LogP contribution in [0.4, 0.5) is 0 Å². The zero-order chi connectivity index (χ0) is 46.1. The number of nitrogens with zero attached hydrogens (tertiary/aromatic N) is 3. The fourth-order valence-corrected chi connectivity index (χ4v) is 12.7. The number of ketones is 1. The second-order valence-corrected chi connectivity index (χ2v) is 23.0. The molecule has 360 valence electrons. The van der Waals surface area contributed by atoms with E-state index >= 15 is 4.79 Å². The SMILES string of the molecule is C=C[C@@H]1C[C@]1(CC(=O)[C@@H]1C[C@@H]2CN1C(=O)[C@H](C1CCCCC1)CC(=O)O[C@@H]1C[C@H]1CCCCCc1c(nc3ccccc3c1OCCCN1CCCOCC1)O2)C(=O)NS(=O)(=O)C1(C)CC1. The number of esters is 1. The molecule has 1 N–H and O–H groups in total. The van der Waals surface area contributed by atoms with E-state index in [1.54, 1.807) is 17.9 Å². The van der Waals surface area contributed by atoms with Crippen molar-refractivity contribution in [1.82, 2.24) is 19.5 Å². The van der Waals surface area contributed by atoms with Crippen molar-refractivity contribution in [2.45, 2.75) is 152 Å². The van der Waals surface area contributed by atoms with Crippen molar-refractivity contribution in [2.24, 2.45) is 29.1 Å². The molecule has 2 aromatic rings. The Morgan fingerprint density at radius 3 is 2.52 bits per heavy atom. The Balaban J connectivity index is 1.03. The van der Waals surface area contributed by atoms with Crippen molar-refractivity contribution < 1.29 is 46.5 Å². The maximum Gasteiger partial charge on any atom is 0.306 e. The molecule has 0 unspecified atom stereocenters. The Morgan fingerprint density at radius 2 is 1.74 bits per heavy atom. The average molecular weight is 931 g/mol. The summed E-state index contributed by atoms with van der Waals surface area (Å²) in [5.41, 5.74) is 0.293. The molecule has 1 aromatic carbocycles. The first kappa shape index (κ1) is 47.0. The van der Waals surface area contributed by atoms with Crippen LogP contribution in [0, 0.1) is 29.1 Å². The van der Waals surface area contributed by atoms with E-state index in [9.17, 15) is 22.8 Å². The standard InChI is InChI=1S/C51H70N4O10S/c1-3-36-31-51(36,49(59)53-66(60,61)50(2)20-21-50)32-43(56)42-29-37-33-55(42)48(58)40(34-14-6-4-7-15-34)30-45(57)65-44-28-35(44)16-8-5-9-18-39-46(38-17-10-11-19-41(38)52-47(39)64-37)63-26-13-23-54-22-12-25-62-27-24-54/h3,10-11,17,19,34-37,40,42,44H,1,4-9,12-16,18,20-33H2,2H3,(H,53,59)/t35-,36-,37-,40+,42+,44-,51-/m1/s1. The molecule has 4 heterocycles. The number of nitrogens with one attached hydrogen (secondary N) is 1. The Morgan fingerprint density at radius 1 is 0.970 bits per heavy atom. The number of rotatable bonds is 13. The third kappa shape index (κ3) is 10.3. The smallest absolute Gasteiger partial charge is 0.306 e. The molecule has 1 aromatic heterocycles. The molecule has 4 aliphatic carbocycles. The molecule has 66 heavy (non-hydrogen) atoms. The van der Waals surface area contributed by atoms with E-state index in [0.717, 1.165) is 132 Å². The molecule has 9 rings (SSSR count). The van der Waals surface area contributed by atoms with Gasteiger partial charge in [-0.15, -0.1) is 6.58 Å². The van der Waals surface area contributed by atoms with Crippen LogP contribution in [0.3, 0.4) is 0 Å². The van der Waals surface area contributed by atoms with E-state index in [-0.39, 0.29) is 61.9 Å². The number of para-hydroxylation sites is 1. The van der Waals surface area contributed by atoms with Crippen molar-refractivity contribution in [2.75, 3.05) is 46.0 Å². The minimum Gasteiger partial charge on any atom is -0.492 e. The molecule has 2 saturated heterocycles. The Labute approximate surface area is 390 Å². The number of amides is 2. The molecule has 0 spiro atoms. The van der Waals surface area contributed by atoms with Crippen molar-refractivity contribution >= 4 is 44.5 Å². The second-order valence-electron chi connectivity index (χ2n) is 20.8. The van der Waals surface area contributed by atoms with E-state index < -0.39 is 50.1 Å². The van der Waals surface area contributed by atoms with Crippen molar-refractivity contribution in [3.63, 3.8) is 0 Å². The number of fused-ring (bicyclic) bond motifs is 5. The summed E-state index contributed by atoms with van der Waals surface area (Å²) in [7, 11) is -3.96.